The Labute approximate surface area is 151 Å². The Morgan fingerprint density at radius 1 is 1.04 bits per heavy atom. The Balaban J connectivity index is 2.02. The highest BCUT2D eigenvalue weighted by atomic mass is 35.5. The van der Waals surface area contributed by atoms with E-state index in [0.717, 1.165) is 5.56 Å². The Kier molecular flexibility index (Phi) is 6.34. The first kappa shape index (κ1) is 18.9. The fraction of sp³-hybridized carbons (Fsp3) is 0.250. The molecular formula is C16H17Cl2NO4S. The van der Waals surface area contributed by atoms with Crippen LogP contribution in [-0.2, 0) is 10.0 Å². The van der Waals surface area contributed by atoms with E-state index < -0.39 is 10.0 Å². The van der Waals surface area contributed by atoms with Crippen molar-refractivity contribution in [3.05, 3.63) is 52.0 Å². The van der Waals surface area contributed by atoms with Gasteiger partial charge in [-0.15, -0.1) is 0 Å². The maximum absolute atomic E-state index is 12.3. The standard InChI is InChI=1S/C16H17Cl2NO4S/c1-11-5-3-4-6-12(11)23-10-9-19-24(20,21)14-8-7-13(22-2)15(17)16(14)18/h3-8,19H,9-10H2,1-2H3. The predicted molar refractivity (Wildman–Crippen MR) is 94.9 cm³/mol. The molecular weight excluding hydrogens is 373 g/mol. The summed E-state index contributed by atoms with van der Waals surface area (Å²) in [5, 5.41) is -0.0264. The SMILES string of the molecule is COc1ccc(S(=O)(=O)NCCOc2ccccc2C)c(Cl)c1Cl. The van der Waals surface area contributed by atoms with E-state index in [1.165, 1.54) is 19.2 Å². The summed E-state index contributed by atoms with van der Waals surface area (Å²) < 4.78 is 37.7. The van der Waals surface area contributed by atoms with E-state index in [1.54, 1.807) is 0 Å². The third-order valence-electron chi connectivity index (χ3n) is 3.27. The monoisotopic (exact) mass is 389 g/mol. The maximum Gasteiger partial charge on any atom is 0.242 e. The first-order valence-electron chi connectivity index (χ1n) is 7.07. The van der Waals surface area contributed by atoms with Crippen LogP contribution < -0.4 is 14.2 Å². The number of hydrogen-bond acceptors (Lipinski definition) is 4. The van der Waals surface area contributed by atoms with Gasteiger partial charge < -0.3 is 9.47 Å². The molecule has 0 radical (unpaired) electrons. The minimum Gasteiger partial charge on any atom is -0.495 e. The van der Waals surface area contributed by atoms with Crippen molar-refractivity contribution in [2.45, 2.75) is 11.8 Å². The Morgan fingerprint density at radius 3 is 2.42 bits per heavy atom. The van der Waals surface area contributed by atoms with Crippen LogP contribution in [0.5, 0.6) is 11.5 Å². The Morgan fingerprint density at radius 2 is 1.75 bits per heavy atom. The summed E-state index contributed by atoms with van der Waals surface area (Å²) in [6.45, 7) is 2.20. The van der Waals surface area contributed by atoms with Gasteiger partial charge in [-0.1, -0.05) is 41.4 Å². The van der Waals surface area contributed by atoms with Crippen molar-refractivity contribution < 1.29 is 17.9 Å². The van der Waals surface area contributed by atoms with Crippen molar-refractivity contribution in [1.82, 2.24) is 4.72 Å². The minimum atomic E-state index is -3.80. The molecule has 2 aromatic carbocycles. The summed E-state index contributed by atoms with van der Waals surface area (Å²) in [6, 6.07) is 10.3. The van der Waals surface area contributed by atoms with Gasteiger partial charge in [0, 0.05) is 6.54 Å². The number of nitrogens with one attached hydrogen (secondary N) is 1. The fourth-order valence-corrected chi connectivity index (χ4v) is 3.86. The average Bonchev–Trinajstić information content (AvgIpc) is 2.55. The van der Waals surface area contributed by atoms with E-state index in [4.69, 9.17) is 32.7 Å². The number of methoxy groups -OCH3 is 1. The number of halogens is 2. The number of para-hydroxylation sites is 1. The molecule has 0 fully saturated rings. The molecule has 0 aliphatic carbocycles. The molecule has 0 saturated heterocycles. The van der Waals surface area contributed by atoms with Crippen molar-refractivity contribution in [2.75, 3.05) is 20.3 Å². The fourth-order valence-electron chi connectivity index (χ4n) is 2.01. The summed E-state index contributed by atoms with van der Waals surface area (Å²) >= 11 is 12.0. The van der Waals surface area contributed by atoms with Crippen LogP contribution in [0.2, 0.25) is 10.0 Å². The van der Waals surface area contributed by atoms with Crippen molar-refractivity contribution in [1.29, 1.82) is 0 Å². The molecule has 0 saturated carbocycles. The molecule has 0 aliphatic rings. The quantitative estimate of drug-likeness (QED) is 0.733. The third kappa shape index (κ3) is 4.33. The van der Waals surface area contributed by atoms with Crippen LogP contribution in [0.4, 0.5) is 0 Å². The number of rotatable bonds is 7. The molecule has 0 spiro atoms. The third-order valence-corrected chi connectivity index (χ3v) is 5.75. The van der Waals surface area contributed by atoms with Gasteiger partial charge in [0.15, 0.2) is 0 Å². The van der Waals surface area contributed by atoms with Crippen molar-refractivity contribution in [2.24, 2.45) is 0 Å². The predicted octanol–water partition coefficient (Wildman–Crippen LogP) is 3.67. The van der Waals surface area contributed by atoms with Crippen LogP contribution >= 0.6 is 23.2 Å². The molecule has 0 atom stereocenters. The second-order valence-corrected chi connectivity index (χ2v) is 7.40. The number of sulfonamides is 1. The number of aryl methyl sites for hydroxylation is 1. The van der Waals surface area contributed by atoms with Crippen LogP contribution in [0.25, 0.3) is 0 Å². The zero-order valence-corrected chi connectivity index (χ0v) is 15.5. The highest BCUT2D eigenvalue weighted by Crippen LogP contribution is 2.36. The van der Waals surface area contributed by atoms with Gasteiger partial charge in [0.05, 0.1) is 12.1 Å². The highest BCUT2D eigenvalue weighted by molar-refractivity contribution is 7.89. The van der Waals surface area contributed by atoms with Crippen LogP contribution in [0.15, 0.2) is 41.3 Å². The van der Waals surface area contributed by atoms with Gasteiger partial charge >= 0.3 is 0 Å². The lowest BCUT2D eigenvalue weighted by atomic mass is 10.2. The van der Waals surface area contributed by atoms with E-state index >= 15 is 0 Å². The van der Waals surface area contributed by atoms with E-state index in [2.05, 4.69) is 4.72 Å². The van der Waals surface area contributed by atoms with E-state index in [0.29, 0.717) is 11.5 Å². The number of ether oxygens (including phenoxy) is 2. The summed E-state index contributed by atoms with van der Waals surface area (Å²) in [5.41, 5.74) is 0.977. The molecule has 130 valence electrons. The molecule has 24 heavy (non-hydrogen) atoms. The maximum atomic E-state index is 12.3. The molecule has 0 aliphatic heterocycles. The van der Waals surface area contributed by atoms with Gasteiger partial charge in [-0.25, -0.2) is 13.1 Å². The van der Waals surface area contributed by atoms with Gasteiger partial charge in [-0.05, 0) is 30.7 Å². The smallest absolute Gasteiger partial charge is 0.242 e. The summed E-state index contributed by atoms with van der Waals surface area (Å²) in [4.78, 5) is -0.106. The lowest BCUT2D eigenvalue weighted by molar-refractivity contribution is 0.320. The van der Waals surface area contributed by atoms with Gasteiger partial charge in [0.25, 0.3) is 0 Å². The molecule has 8 heteroatoms. The molecule has 0 unspecified atom stereocenters. The Bertz CT molecular complexity index is 825. The summed E-state index contributed by atoms with van der Waals surface area (Å²) in [5.74, 6) is 1.02. The topological polar surface area (TPSA) is 64.6 Å². The molecule has 1 N–H and O–H groups in total. The zero-order valence-electron chi connectivity index (χ0n) is 13.2. The Hall–Kier alpha value is -1.47. The molecule has 2 aromatic rings. The molecule has 0 bridgehead atoms. The number of hydrogen-bond donors (Lipinski definition) is 1. The first-order chi connectivity index (χ1) is 11.4. The van der Waals surface area contributed by atoms with Gasteiger partial charge in [-0.2, -0.15) is 0 Å². The lowest BCUT2D eigenvalue weighted by Crippen LogP contribution is -2.28. The van der Waals surface area contributed by atoms with Crippen LogP contribution in [0, 0.1) is 6.92 Å². The van der Waals surface area contributed by atoms with E-state index in [1.807, 2.05) is 31.2 Å². The van der Waals surface area contributed by atoms with Gasteiger partial charge in [-0.3, -0.25) is 0 Å². The highest BCUT2D eigenvalue weighted by Gasteiger charge is 2.21. The zero-order chi connectivity index (χ0) is 17.7. The summed E-state index contributed by atoms with van der Waals surface area (Å²) in [6.07, 6.45) is 0. The van der Waals surface area contributed by atoms with Crippen LogP contribution in [-0.4, -0.2) is 28.7 Å². The molecule has 0 heterocycles. The molecule has 0 aromatic heterocycles. The van der Waals surface area contributed by atoms with E-state index in [9.17, 15) is 8.42 Å². The first-order valence-corrected chi connectivity index (χ1v) is 9.31. The van der Waals surface area contributed by atoms with Crippen molar-refractivity contribution >= 4 is 33.2 Å². The average molecular weight is 390 g/mol. The molecule has 5 nitrogen and oxygen atoms in total. The molecule has 2 rings (SSSR count). The van der Waals surface area contributed by atoms with Gasteiger partial charge in [0.1, 0.15) is 28.0 Å². The second-order valence-electron chi connectivity index (χ2n) is 4.91. The normalized spacial score (nSPS) is 11.3. The minimum absolute atomic E-state index is 0.0539. The van der Waals surface area contributed by atoms with Crippen molar-refractivity contribution in [3.8, 4) is 11.5 Å². The van der Waals surface area contributed by atoms with Crippen LogP contribution in [0.1, 0.15) is 5.56 Å². The lowest BCUT2D eigenvalue weighted by Gasteiger charge is -2.12. The van der Waals surface area contributed by atoms with Crippen molar-refractivity contribution in [3.63, 3.8) is 0 Å². The largest absolute Gasteiger partial charge is 0.495 e. The second kappa shape index (κ2) is 8.07. The summed E-state index contributed by atoms with van der Waals surface area (Å²) in [7, 11) is -2.38. The van der Waals surface area contributed by atoms with Crippen LogP contribution in [0.3, 0.4) is 0 Å². The van der Waals surface area contributed by atoms with Gasteiger partial charge in [0.2, 0.25) is 10.0 Å². The van der Waals surface area contributed by atoms with E-state index in [-0.39, 0.29) is 28.1 Å². The number of benzene rings is 2. The molecule has 0 amide bonds.